The van der Waals surface area contributed by atoms with Gasteiger partial charge in [0, 0.05) is 30.6 Å². The molecule has 6 rings (SSSR count). The van der Waals surface area contributed by atoms with Gasteiger partial charge in [-0.3, -0.25) is 19.7 Å². The maximum atomic E-state index is 12.7. The highest BCUT2D eigenvalue weighted by Gasteiger charge is 2.55. The number of nitrogens with one attached hydrogen (secondary N) is 2. The minimum Gasteiger partial charge on any atom is -0.390 e. The molecule has 3 aliphatic carbocycles. The Morgan fingerprint density at radius 1 is 1.21 bits per heavy atom. The molecule has 3 amide bonds. The second kappa shape index (κ2) is 6.12. The lowest BCUT2D eigenvalue weighted by Gasteiger charge is -2.58. The van der Waals surface area contributed by atoms with Crippen LogP contribution in [-0.4, -0.2) is 44.9 Å². The second-order valence-corrected chi connectivity index (χ2v) is 8.96. The summed E-state index contributed by atoms with van der Waals surface area (Å²) >= 11 is 0. The van der Waals surface area contributed by atoms with Crippen LogP contribution in [0.5, 0.6) is 0 Å². The Balaban J connectivity index is 1.27. The van der Waals surface area contributed by atoms with Gasteiger partial charge in [0.05, 0.1) is 5.60 Å². The average molecular weight is 383 g/mol. The van der Waals surface area contributed by atoms with Crippen LogP contribution in [0.4, 0.5) is 0 Å². The van der Waals surface area contributed by atoms with Gasteiger partial charge in [-0.25, -0.2) is 0 Å². The van der Waals surface area contributed by atoms with Gasteiger partial charge < -0.3 is 15.3 Å². The first kappa shape index (κ1) is 17.8. The van der Waals surface area contributed by atoms with Crippen LogP contribution >= 0.6 is 0 Å². The van der Waals surface area contributed by atoms with E-state index in [9.17, 15) is 19.5 Å². The quantitative estimate of drug-likeness (QED) is 0.674. The van der Waals surface area contributed by atoms with Crippen molar-refractivity contribution in [3.8, 4) is 0 Å². The van der Waals surface area contributed by atoms with Crippen LogP contribution in [0.3, 0.4) is 0 Å². The van der Waals surface area contributed by atoms with Crippen molar-refractivity contribution < 1.29 is 19.5 Å². The monoisotopic (exact) mass is 383 g/mol. The number of piperidine rings is 1. The molecule has 2 heterocycles. The lowest BCUT2D eigenvalue weighted by molar-refractivity contribution is -0.137. The zero-order valence-corrected chi connectivity index (χ0v) is 15.8. The zero-order chi connectivity index (χ0) is 19.5. The largest absolute Gasteiger partial charge is 0.390 e. The third kappa shape index (κ3) is 2.84. The van der Waals surface area contributed by atoms with Gasteiger partial charge in [0.2, 0.25) is 11.8 Å². The molecular formula is C21H25N3O4. The van der Waals surface area contributed by atoms with Crippen molar-refractivity contribution in [3.63, 3.8) is 0 Å². The Morgan fingerprint density at radius 3 is 2.79 bits per heavy atom. The standard InChI is InChI=1S/C21H25N3O4/c25-17-5-4-16(18(26)23-17)24-10-14-8-13(2-3-15(14)19(24)27)9-22-20-6-1-7-21(28,11-20)12-20/h2-3,8,16,22,28H,1,4-7,9-12H2,(H,23,25,26). The number of fused-ring (bicyclic) bond motifs is 3. The first-order chi connectivity index (χ1) is 13.4. The van der Waals surface area contributed by atoms with Crippen molar-refractivity contribution >= 4 is 17.7 Å². The van der Waals surface area contributed by atoms with Crippen LogP contribution in [0, 0.1) is 0 Å². The minimum absolute atomic E-state index is 0.0561. The fourth-order valence-electron chi connectivity index (χ4n) is 5.56. The molecule has 0 spiro atoms. The number of carbonyl (C=O) groups excluding carboxylic acids is 3. The molecule has 1 aromatic carbocycles. The summed E-state index contributed by atoms with van der Waals surface area (Å²) in [7, 11) is 0. The molecule has 1 aromatic rings. The average Bonchev–Trinajstić information content (AvgIpc) is 2.95. The van der Waals surface area contributed by atoms with Crippen molar-refractivity contribution in [1.29, 1.82) is 0 Å². The van der Waals surface area contributed by atoms with E-state index in [1.54, 1.807) is 4.90 Å². The number of amides is 3. The molecule has 4 fully saturated rings. The molecule has 3 N–H and O–H groups in total. The molecule has 2 aliphatic heterocycles. The van der Waals surface area contributed by atoms with Crippen LogP contribution < -0.4 is 10.6 Å². The number of hydrogen-bond donors (Lipinski definition) is 3. The maximum absolute atomic E-state index is 12.7. The van der Waals surface area contributed by atoms with E-state index in [0.717, 1.165) is 43.2 Å². The van der Waals surface area contributed by atoms with Crippen LogP contribution in [0.2, 0.25) is 0 Å². The Bertz CT molecular complexity index is 874. The Hall–Kier alpha value is -2.25. The summed E-state index contributed by atoms with van der Waals surface area (Å²) in [6.45, 7) is 1.11. The van der Waals surface area contributed by atoms with Crippen LogP contribution in [-0.2, 0) is 22.7 Å². The van der Waals surface area contributed by atoms with Crippen molar-refractivity contribution in [2.75, 3.05) is 0 Å². The van der Waals surface area contributed by atoms with Gasteiger partial charge in [-0.1, -0.05) is 12.1 Å². The van der Waals surface area contributed by atoms with Gasteiger partial charge in [-0.05, 0) is 55.7 Å². The smallest absolute Gasteiger partial charge is 0.255 e. The molecular weight excluding hydrogens is 358 g/mol. The Kier molecular flexibility index (Phi) is 3.90. The molecule has 3 saturated carbocycles. The summed E-state index contributed by atoms with van der Waals surface area (Å²) in [5, 5.41) is 16.3. The summed E-state index contributed by atoms with van der Waals surface area (Å²) in [6.07, 6.45) is 5.36. The molecule has 148 valence electrons. The van der Waals surface area contributed by atoms with Gasteiger partial charge in [-0.2, -0.15) is 0 Å². The molecule has 7 nitrogen and oxygen atoms in total. The fourth-order valence-corrected chi connectivity index (χ4v) is 5.56. The van der Waals surface area contributed by atoms with Gasteiger partial charge >= 0.3 is 0 Å². The van der Waals surface area contributed by atoms with E-state index in [1.807, 2.05) is 18.2 Å². The number of rotatable bonds is 4. The minimum atomic E-state index is -0.576. The lowest BCUT2D eigenvalue weighted by atomic mass is 9.56. The molecule has 2 bridgehead atoms. The third-order valence-electron chi connectivity index (χ3n) is 6.89. The molecule has 0 aromatic heterocycles. The summed E-state index contributed by atoms with van der Waals surface area (Å²) in [6, 6.07) is 5.27. The van der Waals surface area contributed by atoms with Crippen molar-refractivity contribution in [2.45, 2.75) is 75.2 Å². The zero-order valence-electron chi connectivity index (χ0n) is 15.8. The van der Waals surface area contributed by atoms with Crippen molar-refractivity contribution in [2.24, 2.45) is 0 Å². The Labute approximate surface area is 163 Å². The fraction of sp³-hybridized carbons (Fsp3) is 0.571. The van der Waals surface area contributed by atoms with Gasteiger partial charge in [0.1, 0.15) is 6.04 Å². The molecule has 28 heavy (non-hydrogen) atoms. The van der Waals surface area contributed by atoms with E-state index in [4.69, 9.17) is 0 Å². The molecule has 0 radical (unpaired) electrons. The molecule has 1 atom stereocenters. The van der Waals surface area contributed by atoms with Gasteiger partial charge in [0.25, 0.3) is 5.91 Å². The predicted octanol–water partition coefficient (Wildman–Crippen LogP) is 0.985. The second-order valence-electron chi connectivity index (χ2n) is 8.96. The highest BCUT2D eigenvalue weighted by atomic mass is 16.3. The Morgan fingerprint density at radius 2 is 2.04 bits per heavy atom. The van der Waals surface area contributed by atoms with E-state index in [0.29, 0.717) is 25.1 Å². The SMILES string of the molecule is O=C1CCC(N2Cc3cc(CNC45CCCC(O)(C4)C5)ccc3C2=O)C(=O)N1. The number of imide groups is 1. The third-order valence-corrected chi connectivity index (χ3v) is 6.89. The molecule has 1 unspecified atom stereocenters. The first-order valence-corrected chi connectivity index (χ1v) is 10.1. The summed E-state index contributed by atoms with van der Waals surface area (Å²) < 4.78 is 0. The van der Waals surface area contributed by atoms with Crippen LogP contribution in [0.15, 0.2) is 18.2 Å². The highest BCUT2D eigenvalue weighted by Crippen LogP contribution is 2.52. The highest BCUT2D eigenvalue weighted by molar-refractivity contribution is 6.05. The van der Waals surface area contributed by atoms with Crippen molar-refractivity contribution in [3.05, 3.63) is 34.9 Å². The van der Waals surface area contributed by atoms with E-state index in [2.05, 4.69) is 10.6 Å². The molecule has 7 heteroatoms. The summed E-state index contributed by atoms with van der Waals surface area (Å²) in [4.78, 5) is 37.8. The summed E-state index contributed by atoms with van der Waals surface area (Å²) in [5.41, 5.74) is 2.27. The van der Waals surface area contributed by atoms with Gasteiger partial charge in [0.15, 0.2) is 0 Å². The number of aliphatic hydroxyl groups is 1. The van der Waals surface area contributed by atoms with Crippen LogP contribution in [0.25, 0.3) is 0 Å². The van der Waals surface area contributed by atoms with E-state index < -0.39 is 11.6 Å². The van der Waals surface area contributed by atoms with E-state index in [-0.39, 0.29) is 29.7 Å². The lowest BCUT2D eigenvalue weighted by Crippen LogP contribution is -2.66. The number of hydrogen-bond acceptors (Lipinski definition) is 5. The first-order valence-electron chi connectivity index (χ1n) is 10.1. The van der Waals surface area contributed by atoms with Crippen LogP contribution in [0.1, 0.15) is 66.4 Å². The predicted molar refractivity (Wildman–Crippen MR) is 100 cm³/mol. The molecule has 1 saturated heterocycles. The van der Waals surface area contributed by atoms with E-state index >= 15 is 0 Å². The van der Waals surface area contributed by atoms with Gasteiger partial charge in [-0.15, -0.1) is 0 Å². The number of benzene rings is 1. The number of nitrogens with zero attached hydrogens (tertiary/aromatic N) is 1. The normalized spacial score (nSPS) is 34.1. The molecule has 5 aliphatic rings. The summed E-state index contributed by atoms with van der Waals surface area (Å²) in [5.74, 6) is -0.796. The van der Waals surface area contributed by atoms with E-state index in [1.165, 1.54) is 0 Å². The van der Waals surface area contributed by atoms with Crippen molar-refractivity contribution in [1.82, 2.24) is 15.5 Å². The topological polar surface area (TPSA) is 98.7 Å². The number of carbonyl (C=O) groups is 3. The maximum Gasteiger partial charge on any atom is 0.255 e.